The van der Waals surface area contributed by atoms with Gasteiger partial charge in [-0.25, -0.2) is 14.0 Å². The van der Waals surface area contributed by atoms with Crippen LogP contribution in [0.4, 0.5) is 17.6 Å². The number of aromatic carboxylic acids is 1. The van der Waals surface area contributed by atoms with E-state index in [0.29, 0.717) is 36.6 Å². The Morgan fingerprint density at radius 2 is 1.97 bits per heavy atom. The minimum absolute atomic E-state index is 0.410. The molecule has 3 N–H and O–H groups in total. The Bertz CT molecular complexity index is 1070. The number of ether oxygens (including phenoxy) is 1. The van der Waals surface area contributed by atoms with Crippen LogP contribution in [0.3, 0.4) is 0 Å². The minimum atomic E-state index is -4.80. The molecule has 1 aromatic carbocycles. The number of nitrogens with zero attached hydrogens (tertiary/aromatic N) is 3. The second-order valence-corrected chi connectivity index (χ2v) is 6.74. The summed E-state index contributed by atoms with van der Waals surface area (Å²) in [5.41, 5.74) is 2.73. The van der Waals surface area contributed by atoms with Crippen LogP contribution in [0.25, 0.3) is 5.69 Å². The number of alkyl halides is 3. The molecule has 13 heteroatoms. The number of carbonyl (C=O) groups excluding carboxylic acids is 1. The van der Waals surface area contributed by atoms with Gasteiger partial charge in [0.1, 0.15) is 17.3 Å². The van der Waals surface area contributed by atoms with E-state index in [9.17, 15) is 37.1 Å². The summed E-state index contributed by atoms with van der Waals surface area (Å²) in [6, 6.07) is 0.722. The van der Waals surface area contributed by atoms with Crippen molar-refractivity contribution in [3.05, 3.63) is 39.8 Å². The number of amides is 1. The van der Waals surface area contributed by atoms with Crippen LogP contribution in [0.15, 0.2) is 16.9 Å². The summed E-state index contributed by atoms with van der Waals surface area (Å²) in [5.74, 6) is -5.40. The van der Waals surface area contributed by atoms with Gasteiger partial charge in [0, 0.05) is 12.1 Å². The van der Waals surface area contributed by atoms with Gasteiger partial charge in [0.15, 0.2) is 6.10 Å². The van der Waals surface area contributed by atoms with Gasteiger partial charge >= 0.3 is 17.8 Å². The molecule has 1 amide bonds. The highest BCUT2D eigenvalue weighted by Gasteiger charge is 2.39. The number of halogens is 4. The van der Waals surface area contributed by atoms with Crippen LogP contribution in [0.5, 0.6) is 5.75 Å². The van der Waals surface area contributed by atoms with Gasteiger partial charge in [0.05, 0.1) is 5.56 Å². The third-order valence-electron chi connectivity index (χ3n) is 4.75. The monoisotopic (exact) mass is 432 g/mol. The molecule has 0 spiro atoms. The van der Waals surface area contributed by atoms with Gasteiger partial charge in [-0.15, -0.1) is 5.10 Å². The quantitative estimate of drug-likeness (QED) is 0.672. The average molecular weight is 432 g/mol. The fourth-order valence-electron chi connectivity index (χ4n) is 2.91. The van der Waals surface area contributed by atoms with Gasteiger partial charge in [-0.1, -0.05) is 0 Å². The van der Waals surface area contributed by atoms with Gasteiger partial charge in [-0.3, -0.25) is 9.36 Å². The van der Waals surface area contributed by atoms with Crippen LogP contribution in [0.1, 0.15) is 53.2 Å². The highest BCUT2D eigenvalue weighted by Crippen LogP contribution is 2.32. The third-order valence-corrected chi connectivity index (χ3v) is 4.75. The van der Waals surface area contributed by atoms with Crippen molar-refractivity contribution in [1.82, 2.24) is 14.3 Å². The number of rotatable bonds is 6. The normalized spacial score (nSPS) is 15.5. The van der Waals surface area contributed by atoms with Crippen LogP contribution in [0.2, 0.25) is 0 Å². The fourth-order valence-corrected chi connectivity index (χ4v) is 2.91. The number of nitrogens with two attached hydrogens (primary N) is 1. The molecule has 1 heterocycles. The molecule has 0 radical (unpaired) electrons. The number of hydrogen-bond donors (Lipinski definition) is 2. The molecule has 0 aliphatic heterocycles. The number of aromatic nitrogens is 3. The summed E-state index contributed by atoms with van der Waals surface area (Å²) in [6.45, 7) is 0.661. The summed E-state index contributed by atoms with van der Waals surface area (Å²) < 4.78 is 59.3. The van der Waals surface area contributed by atoms with E-state index in [-0.39, 0.29) is 0 Å². The van der Waals surface area contributed by atoms with Crippen LogP contribution < -0.4 is 16.2 Å². The SMILES string of the molecule is C[C@H](Oc1cc(-n2nc(C(=O)O)n(C3CCC3)c2=O)c(F)cc1C(N)=O)C(F)(F)F. The zero-order valence-electron chi connectivity index (χ0n) is 15.4. The Morgan fingerprint density at radius 3 is 2.43 bits per heavy atom. The van der Waals surface area contributed by atoms with Crippen LogP contribution in [-0.2, 0) is 0 Å². The molecule has 1 aliphatic rings. The first-order valence-corrected chi connectivity index (χ1v) is 8.73. The van der Waals surface area contributed by atoms with Crippen LogP contribution in [-0.4, -0.2) is 43.6 Å². The molecule has 1 fully saturated rings. The van der Waals surface area contributed by atoms with E-state index < -0.39 is 64.5 Å². The lowest BCUT2D eigenvalue weighted by Gasteiger charge is -2.26. The van der Waals surface area contributed by atoms with Crippen molar-refractivity contribution in [1.29, 1.82) is 0 Å². The topological polar surface area (TPSA) is 129 Å². The molecule has 30 heavy (non-hydrogen) atoms. The molecule has 0 bridgehead atoms. The van der Waals surface area contributed by atoms with Crippen molar-refractivity contribution >= 4 is 11.9 Å². The third kappa shape index (κ3) is 3.74. The van der Waals surface area contributed by atoms with Crippen molar-refractivity contribution in [2.24, 2.45) is 5.73 Å². The zero-order valence-corrected chi connectivity index (χ0v) is 15.4. The van der Waals surface area contributed by atoms with Gasteiger partial charge in [-0.05, 0) is 32.3 Å². The lowest BCUT2D eigenvalue weighted by Crippen LogP contribution is -2.33. The number of carboxylic acid groups (broad SMARTS) is 1. The minimum Gasteiger partial charge on any atom is -0.480 e. The van der Waals surface area contributed by atoms with Crippen LogP contribution >= 0.6 is 0 Å². The molecule has 1 aromatic heterocycles. The second-order valence-electron chi connectivity index (χ2n) is 6.74. The first-order valence-electron chi connectivity index (χ1n) is 8.73. The predicted octanol–water partition coefficient (Wildman–Crippen LogP) is 2.02. The highest BCUT2D eigenvalue weighted by atomic mass is 19.4. The molecule has 162 valence electrons. The average Bonchev–Trinajstić information content (AvgIpc) is 2.91. The van der Waals surface area contributed by atoms with E-state index in [2.05, 4.69) is 5.10 Å². The largest absolute Gasteiger partial charge is 0.480 e. The summed E-state index contributed by atoms with van der Waals surface area (Å²) in [7, 11) is 0. The van der Waals surface area contributed by atoms with Crippen molar-refractivity contribution < 1.29 is 37.0 Å². The first-order chi connectivity index (χ1) is 13.9. The van der Waals surface area contributed by atoms with Gasteiger partial charge < -0.3 is 15.6 Å². The molecule has 9 nitrogen and oxygen atoms in total. The molecule has 1 aliphatic carbocycles. The lowest BCUT2D eigenvalue weighted by atomic mass is 9.93. The molecule has 2 aromatic rings. The fraction of sp³-hybridized carbons (Fsp3) is 0.412. The lowest BCUT2D eigenvalue weighted by molar-refractivity contribution is -0.189. The first kappa shape index (κ1) is 21.3. The maximum absolute atomic E-state index is 14.6. The standard InChI is InChI=1S/C17H16F4N4O5/c1-7(17(19,20)21)30-12-6-11(10(18)5-9(12)13(22)26)25-16(29)24(8-3-2-4-8)14(23-25)15(27)28/h5-8H,2-4H2,1H3,(H2,22,26)(H,27,28)/t7-/m0/s1. The number of primary amides is 1. The van der Waals surface area contributed by atoms with E-state index >= 15 is 0 Å². The molecular formula is C17H16F4N4O5. The maximum atomic E-state index is 14.6. The summed E-state index contributed by atoms with van der Waals surface area (Å²) in [5, 5.41) is 12.9. The smallest absolute Gasteiger partial charge is 0.425 e. The van der Waals surface area contributed by atoms with Crippen molar-refractivity contribution in [2.45, 2.75) is 44.5 Å². The number of hydrogen-bond acceptors (Lipinski definition) is 5. The van der Waals surface area contributed by atoms with Gasteiger partial charge in [-0.2, -0.15) is 17.9 Å². The Morgan fingerprint density at radius 1 is 1.33 bits per heavy atom. The van der Waals surface area contributed by atoms with Crippen molar-refractivity contribution in [3.8, 4) is 11.4 Å². The van der Waals surface area contributed by atoms with E-state index in [1.807, 2.05) is 0 Å². The Hall–Kier alpha value is -3.38. The van der Waals surface area contributed by atoms with Crippen molar-refractivity contribution in [2.75, 3.05) is 0 Å². The molecule has 1 atom stereocenters. The number of benzene rings is 1. The van der Waals surface area contributed by atoms with Crippen LogP contribution in [0, 0.1) is 5.82 Å². The van der Waals surface area contributed by atoms with Crippen molar-refractivity contribution in [3.63, 3.8) is 0 Å². The molecule has 0 unspecified atom stereocenters. The molecular weight excluding hydrogens is 416 g/mol. The second kappa shape index (κ2) is 7.46. The number of carbonyl (C=O) groups is 2. The maximum Gasteiger partial charge on any atom is 0.425 e. The predicted molar refractivity (Wildman–Crippen MR) is 92.3 cm³/mol. The molecule has 0 saturated heterocycles. The van der Waals surface area contributed by atoms with Gasteiger partial charge in [0.2, 0.25) is 5.82 Å². The number of carboxylic acids is 1. The molecule has 3 rings (SSSR count). The highest BCUT2D eigenvalue weighted by molar-refractivity contribution is 5.96. The van der Waals surface area contributed by atoms with E-state index in [0.717, 1.165) is 11.0 Å². The Kier molecular flexibility index (Phi) is 5.31. The van der Waals surface area contributed by atoms with E-state index in [1.54, 1.807) is 0 Å². The Balaban J connectivity index is 2.17. The van der Waals surface area contributed by atoms with Gasteiger partial charge in [0.25, 0.3) is 5.91 Å². The Labute approximate surface area is 165 Å². The summed E-state index contributed by atoms with van der Waals surface area (Å²) in [4.78, 5) is 35.7. The van der Waals surface area contributed by atoms with E-state index in [1.165, 1.54) is 0 Å². The zero-order chi connectivity index (χ0) is 22.4. The summed E-state index contributed by atoms with van der Waals surface area (Å²) >= 11 is 0. The molecule has 1 saturated carbocycles. The summed E-state index contributed by atoms with van der Waals surface area (Å²) in [6.07, 6.45) is -5.38. The van der Waals surface area contributed by atoms with E-state index in [4.69, 9.17) is 10.5 Å².